The van der Waals surface area contributed by atoms with Crippen molar-refractivity contribution in [3.05, 3.63) is 78.5 Å². The van der Waals surface area contributed by atoms with Gasteiger partial charge >= 0.3 is 0 Å². The first-order valence-electron chi connectivity index (χ1n) is 10.8. The van der Waals surface area contributed by atoms with E-state index in [0.29, 0.717) is 33.7 Å². The molecule has 176 valence electrons. The number of pyridine rings is 1. The number of ether oxygens (including phenoxy) is 1. The monoisotopic (exact) mass is 471 g/mol. The number of methoxy groups -OCH3 is 1. The molecule has 1 aliphatic heterocycles. The summed E-state index contributed by atoms with van der Waals surface area (Å²) in [5, 5.41) is 8.58. The van der Waals surface area contributed by atoms with E-state index in [-0.39, 0.29) is 31.1 Å². The van der Waals surface area contributed by atoms with Crippen molar-refractivity contribution in [1.29, 1.82) is 0 Å². The Morgan fingerprint density at radius 2 is 1.83 bits per heavy atom. The molecule has 0 bridgehead atoms. The molecule has 1 saturated heterocycles. The van der Waals surface area contributed by atoms with E-state index < -0.39 is 11.7 Å². The molecule has 0 unspecified atom stereocenters. The van der Waals surface area contributed by atoms with Gasteiger partial charge in [0, 0.05) is 30.5 Å². The zero-order chi connectivity index (χ0) is 24.5. The minimum absolute atomic E-state index is 0.0622. The third-order valence-electron chi connectivity index (χ3n) is 5.82. The summed E-state index contributed by atoms with van der Waals surface area (Å²) in [6, 6.07) is 8.85. The maximum atomic E-state index is 13.3. The van der Waals surface area contributed by atoms with Crippen LogP contribution in [0, 0.1) is 0 Å². The molecular formula is C24H21N7O4. The van der Waals surface area contributed by atoms with E-state index in [1.807, 2.05) is 6.07 Å². The number of amides is 2. The normalized spacial score (nSPS) is 13.8. The molecule has 1 aliphatic rings. The Hall–Kier alpha value is -4.80. The molecule has 0 aliphatic carbocycles. The highest BCUT2D eigenvalue weighted by atomic mass is 16.5. The van der Waals surface area contributed by atoms with Gasteiger partial charge in [0.1, 0.15) is 5.75 Å². The molecule has 0 atom stereocenters. The number of hydrogen-bond acceptors (Lipinski definition) is 7. The number of carbonyl (C=O) groups excluding carboxylic acids is 3. The summed E-state index contributed by atoms with van der Waals surface area (Å²) in [4.78, 5) is 50.8. The van der Waals surface area contributed by atoms with Crippen LogP contribution in [0.2, 0.25) is 0 Å². The van der Waals surface area contributed by atoms with Crippen LogP contribution in [-0.4, -0.2) is 79.1 Å². The number of aromatic nitrogens is 5. The molecular weight excluding hydrogens is 450 g/mol. The van der Waals surface area contributed by atoms with E-state index >= 15 is 0 Å². The van der Waals surface area contributed by atoms with Gasteiger partial charge in [0.25, 0.3) is 17.6 Å². The largest absolute Gasteiger partial charge is 0.494 e. The molecule has 1 N–H and O–H groups in total. The number of benzene rings is 1. The van der Waals surface area contributed by atoms with Gasteiger partial charge in [-0.1, -0.05) is 24.8 Å². The van der Waals surface area contributed by atoms with Gasteiger partial charge in [-0.05, 0) is 12.1 Å². The molecule has 3 aromatic heterocycles. The highest BCUT2D eigenvalue weighted by Gasteiger charge is 2.33. The Morgan fingerprint density at radius 1 is 1.09 bits per heavy atom. The van der Waals surface area contributed by atoms with Gasteiger partial charge in [-0.3, -0.25) is 14.4 Å². The van der Waals surface area contributed by atoms with Crippen LogP contribution in [0.5, 0.6) is 5.75 Å². The smallest absolute Gasteiger partial charge is 0.295 e. The molecule has 0 radical (unpaired) electrons. The molecule has 11 nitrogen and oxygen atoms in total. The van der Waals surface area contributed by atoms with Crippen LogP contribution in [0.15, 0.2) is 67.4 Å². The average Bonchev–Trinajstić information content (AvgIpc) is 3.58. The van der Waals surface area contributed by atoms with Crippen molar-refractivity contribution in [2.24, 2.45) is 0 Å². The quantitative estimate of drug-likeness (QED) is 0.348. The Kier molecular flexibility index (Phi) is 5.57. The van der Waals surface area contributed by atoms with E-state index in [1.54, 1.807) is 24.3 Å². The standard InChI is InChI=1S/C24H21N7O4/c1-15-14-29(10-11-30(15)23(33)16-6-4-3-5-7-16)24(34)21(32)17-12-25-20-19(17)18(35-2)13-26-22(20)31-27-8-9-28-31/h3-9,12-13,25H,1,10-11,14H2,2H3. The second-order valence-electron chi connectivity index (χ2n) is 7.87. The van der Waals surface area contributed by atoms with Crippen LogP contribution in [0.1, 0.15) is 20.7 Å². The highest BCUT2D eigenvalue weighted by molar-refractivity contribution is 6.45. The van der Waals surface area contributed by atoms with Crippen LogP contribution in [0.3, 0.4) is 0 Å². The molecule has 5 rings (SSSR count). The first kappa shape index (κ1) is 22.0. The summed E-state index contributed by atoms with van der Waals surface area (Å²) in [6.45, 7) is 4.46. The Bertz CT molecular complexity index is 1440. The summed E-state index contributed by atoms with van der Waals surface area (Å²) in [7, 11) is 1.46. The maximum Gasteiger partial charge on any atom is 0.295 e. The lowest BCUT2D eigenvalue weighted by molar-refractivity contribution is -0.127. The van der Waals surface area contributed by atoms with E-state index in [1.165, 1.54) is 46.5 Å². The predicted octanol–water partition coefficient (Wildman–Crippen LogP) is 1.83. The first-order chi connectivity index (χ1) is 17.0. The summed E-state index contributed by atoms with van der Waals surface area (Å²) in [5.74, 6) is -0.912. The Balaban J connectivity index is 1.39. The number of Topliss-reactive ketones (excluding diaryl/α,β-unsaturated/α-hetero) is 1. The number of fused-ring (bicyclic) bond motifs is 1. The topological polar surface area (TPSA) is 126 Å². The lowest BCUT2D eigenvalue weighted by Crippen LogP contribution is -2.50. The summed E-state index contributed by atoms with van der Waals surface area (Å²) in [6.07, 6.45) is 5.91. The molecule has 1 aromatic carbocycles. The van der Waals surface area contributed by atoms with Crippen LogP contribution in [0.4, 0.5) is 0 Å². The molecule has 35 heavy (non-hydrogen) atoms. The van der Waals surface area contributed by atoms with Crippen LogP contribution < -0.4 is 4.74 Å². The number of H-pyrrole nitrogens is 1. The van der Waals surface area contributed by atoms with E-state index in [9.17, 15) is 14.4 Å². The van der Waals surface area contributed by atoms with Crippen molar-refractivity contribution >= 4 is 28.5 Å². The lowest BCUT2D eigenvalue weighted by atomic mass is 10.1. The number of hydrogen-bond donors (Lipinski definition) is 1. The second-order valence-corrected chi connectivity index (χ2v) is 7.87. The lowest BCUT2D eigenvalue weighted by Gasteiger charge is -2.36. The van der Waals surface area contributed by atoms with Crippen LogP contribution in [0.25, 0.3) is 16.7 Å². The van der Waals surface area contributed by atoms with E-state index in [2.05, 4.69) is 26.7 Å². The number of piperazine rings is 1. The molecule has 11 heteroatoms. The molecule has 0 saturated carbocycles. The van der Waals surface area contributed by atoms with Gasteiger partial charge in [0.05, 0.1) is 48.7 Å². The number of rotatable bonds is 5. The van der Waals surface area contributed by atoms with Crippen LogP contribution in [-0.2, 0) is 4.79 Å². The summed E-state index contributed by atoms with van der Waals surface area (Å²) < 4.78 is 5.41. The van der Waals surface area contributed by atoms with Crippen molar-refractivity contribution in [3.63, 3.8) is 0 Å². The number of carbonyl (C=O) groups is 3. The van der Waals surface area contributed by atoms with Crippen molar-refractivity contribution in [2.45, 2.75) is 0 Å². The zero-order valence-electron chi connectivity index (χ0n) is 18.8. The van der Waals surface area contributed by atoms with Gasteiger partial charge in [-0.15, -0.1) is 4.80 Å². The predicted molar refractivity (Wildman–Crippen MR) is 125 cm³/mol. The number of nitrogens with one attached hydrogen (secondary N) is 1. The number of nitrogens with zero attached hydrogens (tertiary/aromatic N) is 6. The Labute approximate surface area is 199 Å². The minimum atomic E-state index is -0.712. The molecule has 0 spiro atoms. The van der Waals surface area contributed by atoms with Crippen molar-refractivity contribution in [1.82, 2.24) is 34.8 Å². The maximum absolute atomic E-state index is 13.3. The minimum Gasteiger partial charge on any atom is -0.494 e. The van der Waals surface area contributed by atoms with Gasteiger partial charge < -0.3 is 19.5 Å². The fourth-order valence-electron chi connectivity index (χ4n) is 4.09. The Morgan fingerprint density at radius 3 is 2.51 bits per heavy atom. The summed E-state index contributed by atoms with van der Waals surface area (Å²) >= 11 is 0. The molecule has 4 heterocycles. The fraction of sp³-hybridized carbons (Fsp3) is 0.167. The first-order valence-corrected chi connectivity index (χ1v) is 10.8. The summed E-state index contributed by atoms with van der Waals surface area (Å²) in [5.41, 5.74) is 1.58. The van der Waals surface area contributed by atoms with Gasteiger partial charge in [-0.25, -0.2) is 4.98 Å². The third kappa shape index (κ3) is 3.82. The highest BCUT2D eigenvalue weighted by Crippen LogP contribution is 2.31. The van der Waals surface area contributed by atoms with Gasteiger partial charge in [0.15, 0.2) is 5.82 Å². The fourth-order valence-corrected chi connectivity index (χ4v) is 4.09. The SMILES string of the molecule is C=C1CN(C(=O)C(=O)c2c[nH]c3c(-n4nccn4)ncc(OC)c23)CCN1C(=O)c1ccccc1. The number of aromatic amines is 1. The zero-order valence-corrected chi connectivity index (χ0v) is 18.8. The van der Waals surface area contributed by atoms with Crippen molar-refractivity contribution < 1.29 is 19.1 Å². The molecule has 1 fully saturated rings. The van der Waals surface area contributed by atoms with Crippen molar-refractivity contribution in [2.75, 3.05) is 26.7 Å². The molecule has 2 amide bonds. The second kappa shape index (κ2) is 8.86. The van der Waals surface area contributed by atoms with Crippen molar-refractivity contribution in [3.8, 4) is 11.6 Å². The van der Waals surface area contributed by atoms with E-state index in [0.717, 1.165) is 0 Å². The van der Waals surface area contributed by atoms with Crippen LogP contribution >= 0.6 is 0 Å². The van der Waals surface area contributed by atoms with E-state index in [4.69, 9.17) is 4.74 Å². The van der Waals surface area contributed by atoms with Gasteiger partial charge in [0.2, 0.25) is 0 Å². The molecule has 4 aromatic rings. The van der Waals surface area contributed by atoms with Gasteiger partial charge in [-0.2, -0.15) is 10.2 Å². The third-order valence-corrected chi connectivity index (χ3v) is 5.82. The average molecular weight is 471 g/mol. The number of ketones is 1.